The van der Waals surface area contributed by atoms with Gasteiger partial charge in [0.05, 0.1) is 21.1 Å². The van der Waals surface area contributed by atoms with Gasteiger partial charge in [-0.1, -0.05) is 30.3 Å². The highest BCUT2D eigenvalue weighted by atomic mass is 79.9. The van der Waals surface area contributed by atoms with Crippen molar-refractivity contribution in [3.63, 3.8) is 0 Å². The Balaban J connectivity index is 2.01. The SMILES string of the molecule is Cc1c(N)c2c3c(Br)c(cc2n1Cc1ccccc1)C(=O)C(=O)C(C(=O)O)O3. The molecular formula is C20H15BrN2O5. The minimum atomic E-state index is -1.91. The first-order valence-corrected chi connectivity index (χ1v) is 9.23. The number of carbonyl (C=O) groups excluding carboxylic acids is 2. The van der Waals surface area contributed by atoms with Crippen LogP contribution < -0.4 is 10.5 Å². The Morgan fingerprint density at radius 1 is 1.29 bits per heavy atom. The molecule has 2 heterocycles. The zero-order valence-corrected chi connectivity index (χ0v) is 16.3. The van der Waals surface area contributed by atoms with Crippen LogP contribution in [-0.2, 0) is 16.1 Å². The van der Waals surface area contributed by atoms with E-state index in [1.54, 1.807) is 6.07 Å². The molecule has 1 aliphatic rings. The van der Waals surface area contributed by atoms with Crippen molar-refractivity contribution in [2.45, 2.75) is 19.6 Å². The van der Waals surface area contributed by atoms with Crippen molar-refractivity contribution in [2.24, 2.45) is 0 Å². The van der Waals surface area contributed by atoms with Crippen LogP contribution in [0.5, 0.6) is 5.75 Å². The number of hydrogen-bond acceptors (Lipinski definition) is 5. The van der Waals surface area contributed by atoms with Crippen molar-refractivity contribution in [3.8, 4) is 5.75 Å². The Bertz CT molecular complexity index is 1170. The van der Waals surface area contributed by atoms with Gasteiger partial charge >= 0.3 is 5.97 Å². The molecule has 2 aromatic carbocycles. The molecule has 3 aromatic rings. The third-order valence-electron chi connectivity index (χ3n) is 4.90. The van der Waals surface area contributed by atoms with Crippen LogP contribution in [0, 0.1) is 6.92 Å². The third kappa shape index (κ3) is 2.60. The van der Waals surface area contributed by atoms with Crippen LogP contribution in [0.3, 0.4) is 0 Å². The molecule has 3 N–H and O–H groups in total. The average Bonchev–Trinajstić information content (AvgIpc) is 2.88. The molecule has 0 saturated heterocycles. The van der Waals surface area contributed by atoms with E-state index in [4.69, 9.17) is 10.5 Å². The van der Waals surface area contributed by atoms with Crippen LogP contribution >= 0.6 is 15.9 Å². The van der Waals surface area contributed by atoms with Crippen LogP contribution in [0.2, 0.25) is 0 Å². The Morgan fingerprint density at radius 3 is 2.61 bits per heavy atom. The normalized spacial score (nSPS) is 16.1. The lowest BCUT2D eigenvalue weighted by Crippen LogP contribution is -2.38. The summed E-state index contributed by atoms with van der Waals surface area (Å²) in [5.74, 6) is -3.48. The number of anilines is 1. The van der Waals surface area contributed by atoms with Gasteiger partial charge < -0.3 is 20.1 Å². The van der Waals surface area contributed by atoms with E-state index < -0.39 is 23.6 Å². The van der Waals surface area contributed by atoms with E-state index >= 15 is 0 Å². The number of fused-ring (bicyclic) bond motifs is 4. The third-order valence-corrected chi connectivity index (χ3v) is 5.69. The van der Waals surface area contributed by atoms with Gasteiger partial charge in [0.1, 0.15) is 5.75 Å². The summed E-state index contributed by atoms with van der Waals surface area (Å²) >= 11 is 3.29. The second kappa shape index (κ2) is 6.49. The van der Waals surface area contributed by atoms with Gasteiger partial charge in [-0.05, 0) is 34.5 Å². The van der Waals surface area contributed by atoms with Gasteiger partial charge in [0.15, 0.2) is 0 Å². The first-order chi connectivity index (χ1) is 13.3. The smallest absolute Gasteiger partial charge is 0.353 e. The Hall–Kier alpha value is -3.13. The number of carboxylic acids is 1. The molecule has 28 heavy (non-hydrogen) atoms. The first kappa shape index (κ1) is 18.2. The fourth-order valence-electron chi connectivity index (χ4n) is 3.43. The maximum Gasteiger partial charge on any atom is 0.353 e. The number of aliphatic carboxylic acids is 1. The summed E-state index contributed by atoms with van der Waals surface area (Å²) in [7, 11) is 0. The zero-order valence-electron chi connectivity index (χ0n) is 14.7. The maximum absolute atomic E-state index is 12.6. The van der Waals surface area contributed by atoms with Gasteiger partial charge in [-0.25, -0.2) is 4.79 Å². The second-order valence-electron chi connectivity index (χ2n) is 6.56. The Morgan fingerprint density at radius 2 is 1.96 bits per heavy atom. The highest BCUT2D eigenvalue weighted by Crippen LogP contribution is 2.44. The summed E-state index contributed by atoms with van der Waals surface area (Å²) in [4.78, 5) is 36.4. The van der Waals surface area contributed by atoms with Crippen LogP contribution in [0.15, 0.2) is 40.9 Å². The van der Waals surface area contributed by atoms with Crippen molar-refractivity contribution in [3.05, 3.63) is 57.7 Å². The molecular weight excluding hydrogens is 428 g/mol. The number of carbonyl (C=O) groups is 3. The van der Waals surface area contributed by atoms with Crippen molar-refractivity contribution in [1.29, 1.82) is 0 Å². The minimum absolute atomic E-state index is 0.0584. The summed E-state index contributed by atoms with van der Waals surface area (Å²) < 4.78 is 7.64. The zero-order chi connectivity index (χ0) is 20.2. The molecule has 7 nitrogen and oxygen atoms in total. The lowest BCUT2D eigenvalue weighted by molar-refractivity contribution is -0.148. The monoisotopic (exact) mass is 442 g/mol. The molecule has 1 unspecified atom stereocenters. The number of ether oxygens (including phenoxy) is 1. The van der Waals surface area contributed by atoms with E-state index in [1.807, 2.05) is 41.8 Å². The standard InChI is InChI=1S/C20H15BrN2O5/c1-9-15(22)13-12(23(9)8-10-5-3-2-4-6-10)7-11-14(21)18(13)28-19(20(26)27)17(25)16(11)24/h2-7,19H,8,22H2,1H3,(H,26,27). The average molecular weight is 443 g/mol. The first-order valence-electron chi connectivity index (χ1n) is 8.44. The molecule has 0 saturated carbocycles. The highest BCUT2D eigenvalue weighted by Gasteiger charge is 2.40. The lowest BCUT2D eigenvalue weighted by atomic mass is 10.0. The molecule has 8 heteroatoms. The molecule has 0 fully saturated rings. The van der Waals surface area contributed by atoms with E-state index in [9.17, 15) is 19.5 Å². The number of ketones is 2. The topological polar surface area (TPSA) is 112 Å². The molecule has 1 atom stereocenters. The summed E-state index contributed by atoms with van der Waals surface area (Å²) in [5.41, 5.74) is 9.14. The fraction of sp³-hybridized carbons (Fsp3) is 0.150. The predicted octanol–water partition coefficient (Wildman–Crippen LogP) is 2.94. The highest BCUT2D eigenvalue weighted by molar-refractivity contribution is 9.10. The molecule has 0 aliphatic carbocycles. The van der Waals surface area contributed by atoms with Crippen LogP contribution in [-0.4, -0.2) is 33.3 Å². The van der Waals surface area contributed by atoms with Gasteiger partial charge in [0.2, 0.25) is 5.78 Å². The molecule has 2 bridgehead atoms. The quantitative estimate of drug-likeness (QED) is 0.476. The number of nitrogen functional groups attached to an aromatic ring is 1. The van der Waals surface area contributed by atoms with Crippen LogP contribution in [0.1, 0.15) is 21.6 Å². The van der Waals surface area contributed by atoms with Gasteiger partial charge in [0, 0.05) is 17.8 Å². The van der Waals surface area contributed by atoms with Gasteiger partial charge in [-0.15, -0.1) is 0 Å². The number of nitrogens with zero attached hydrogens (tertiary/aromatic N) is 1. The second-order valence-corrected chi connectivity index (χ2v) is 7.35. The number of rotatable bonds is 3. The van der Waals surface area contributed by atoms with Crippen molar-refractivity contribution >= 4 is 50.1 Å². The van der Waals surface area contributed by atoms with E-state index in [0.717, 1.165) is 11.3 Å². The molecule has 0 amide bonds. The fourth-order valence-corrected chi connectivity index (χ4v) is 4.02. The van der Waals surface area contributed by atoms with Crippen molar-refractivity contribution in [1.82, 2.24) is 4.57 Å². The van der Waals surface area contributed by atoms with Crippen LogP contribution in [0.25, 0.3) is 10.9 Å². The molecule has 0 spiro atoms. The van der Waals surface area contributed by atoms with E-state index in [2.05, 4.69) is 15.9 Å². The number of Topliss-reactive ketones (excluding diaryl/α,β-unsaturated/α-hetero) is 2. The predicted molar refractivity (Wildman–Crippen MR) is 106 cm³/mol. The maximum atomic E-state index is 12.6. The summed E-state index contributed by atoms with van der Waals surface area (Å²) in [6, 6.07) is 11.2. The number of aromatic nitrogens is 1. The summed E-state index contributed by atoms with van der Waals surface area (Å²) in [6.45, 7) is 2.33. The number of carboxylic acid groups (broad SMARTS) is 1. The lowest BCUT2D eigenvalue weighted by Gasteiger charge is -2.13. The summed E-state index contributed by atoms with van der Waals surface area (Å²) in [5, 5.41) is 9.81. The number of nitrogens with two attached hydrogens (primary N) is 1. The Kier molecular flexibility index (Phi) is 4.23. The van der Waals surface area contributed by atoms with Gasteiger partial charge in [-0.2, -0.15) is 0 Å². The molecule has 142 valence electrons. The van der Waals surface area contributed by atoms with Crippen molar-refractivity contribution in [2.75, 3.05) is 5.73 Å². The van der Waals surface area contributed by atoms with Gasteiger partial charge in [-0.3, -0.25) is 9.59 Å². The largest absolute Gasteiger partial charge is 0.478 e. The van der Waals surface area contributed by atoms with Crippen LogP contribution in [0.4, 0.5) is 5.69 Å². The van der Waals surface area contributed by atoms with E-state index in [-0.39, 0.29) is 15.8 Å². The number of benzene rings is 2. The summed E-state index contributed by atoms with van der Waals surface area (Å²) in [6.07, 6.45) is -1.91. The molecule has 4 rings (SSSR count). The molecule has 1 aromatic heterocycles. The number of hydrogen-bond donors (Lipinski definition) is 2. The molecule has 0 radical (unpaired) electrons. The van der Waals surface area contributed by atoms with E-state index in [0.29, 0.717) is 23.1 Å². The van der Waals surface area contributed by atoms with E-state index in [1.165, 1.54) is 0 Å². The van der Waals surface area contributed by atoms with Gasteiger partial charge in [0.25, 0.3) is 11.9 Å². The Labute approximate surface area is 167 Å². The molecule has 1 aliphatic heterocycles. The number of halogens is 1. The minimum Gasteiger partial charge on any atom is -0.478 e. The van der Waals surface area contributed by atoms with Crippen molar-refractivity contribution < 1.29 is 24.2 Å².